The number of fused-ring (bicyclic) bond motifs is 1. The second-order valence-electron chi connectivity index (χ2n) is 12.8. The van der Waals surface area contributed by atoms with Crippen molar-refractivity contribution in [2.24, 2.45) is 5.92 Å². The third-order valence-electron chi connectivity index (χ3n) is 8.17. The molecule has 0 unspecified atom stereocenters. The van der Waals surface area contributed by atoms with Gasteiger partial charge in [-0.15, -0.1) is 11.3 Å². The van der Waals surface area contributed by atoms with Crippen LogP contribution in [0.4, 0.5) is 5.69 Å². The molecule has 2 heterocycles. The number of esters is 1. The third-order valence-corrected chi connectivity index (χ3v) is 9.56. The molecule has 0 spiro atoms. The van der Waals surface area contributed by atoms with Crippen molar-refractivity contribution in [1.29, 1.82) is 0 Å². The molecule has 0 bridgehead atoms. The molecule has 8 nitrogen and oxygen atoms in total. The number of carbonyl (C=O) groups excluding carboxylic acids is 1. The number of hydrogen-bond acceptors (Lipinski definition) is 8. The van der Waals surface area contributed by atoms with E-state index in [-0.39, 0.29) is 17.2 Å². The molecule has 0 saturated carbocycles. The Morgan fingerprint density at radius 2 is 1.80 bits per heavy atom. The van der Waals surface area contributed by atoms with E-state index >= 15 is 0 Å². The number of hydrogen-bond donors (Lipinski definition) is 0. The summed E-state index contributed by atoms with van der Waals surface area (Å²) >= 11 is 7.71. The summed E-state index contributed by atoms with van der Waals surface area (Å²) in [5.41, 5.74) is 4.85. The number of ether oxygens (including phenoxy) is 2. The first kappa shape index (κ1) is 33.0. The molecular weight excluding hydrogens is 610 g/mol. The summed E-state index contributed by atoms with van der Waals surface area (Å²) in [5.74, 6) is -0.0372. The van der Waals surface area contributed by atoms with E-state index in [9.17, 15) is 14.9 Å². The average Bonchev–Trinajstić information content (AvgIpc) is 3.40. The first-order chi connectivity index (χ1) is 21.3. The Labute approximate surface area is 273 Å². The van der Waals surface area contributed by atoms with Gasteiger partial charge in [0.2, 0.25) is 0 Å². The van der Waals surface area contributed by atoms with E-state index < -0.39 is 17.7 Å². The number of aromatic nitrogens is 1. The lowest BCUT2D eigenvalue weighted by Gasteiger charge is -2.29. The van der Waals surface area contributed by atoms with Crippen LogP contribution in [0.15, 0.2) is 48.5 Å². The van der Waals surface area contributed by atoms with Gasteiger partial charge in [0.05, 0.1) is 27.3 Å². The highest BCUT2D eigenvalue weighted by atomic mass is 35.5. The van der Waals surface area contributed by atoms with Gasteiger partial charge in [-0.25, -0.2) is 9.78 Å². The maximum Gasteiger partial charge on any atom is 0.339 e. The zero-order valence-electron chi connectivity index (χ0n) is 26.7. The number of piperidine rings is 1. The number of benzene rings is 3. The molecule has 3 aromatic carbocycles. The van der Waals surface area contributed by atoms with Crippen molar-refractivity contribution in [3.8, 4) is 21.7 Å². The lowest BCUT2D eigenvalue weighted by Crippen LogP contribution is -2.31. The molecule has 1 atom stereocenters. The number of nitro benzene ring substituents is 1. The van der Waals surface area contributed by atoms with E-state index in [4.69, 9.17) is 26.1 Å². The molecule has 238 valence electrons. The summed E-state index contributed by atoms with van der Waals surface area (Å²) in [4.78, 5) is 32.7. The standard InChI is InChI=1S/C35H40ClN3O5S/c1-7-43-34(40)31(44-35(3,4)5)29-21(2)18-27-32(30(29)23-10-12-26(36)13-11-23)45-33(37-27)25-9-8-24(28(20-25)39(41)42)19-22-14-16-38(6)17-15-22/h8-13,18,20,22,31H,7,14-17,19H2,1-6H3/t31-/m0/s1. The van der Waals surface area contributed by atoms with E-state index in [1.54, 1.807) is 13.0 Å². The topological polar surface area (TPSA) is 94.8 Å². The molecule has 45 heavy (non-hydrogen) atoms. The van der Waals surface area contributed by atoms with Crippen molar-refractivity contribution in [1.82, 2.24) is 9.88 Å². The van der Waals surface area contributed by atoms with Gasteiger partial charge in [-0.3, -0.25) is 10.1 Å². The SMILES string of the molecule is CCOC(=O)[C@@H](OC(C)(C)C)c1c(C)cc2nc(-c3ccc(CC4CCN(C)CC4)c([N+](=O)[O-])c3)sc2c1-c1ccc(Cl)cc1. The van der Waals surface area contributed by atoms with Gasteiger partial charge >= 0.3 is 5.97 Å². The van der Waals surface area contributed by atoms with Gasteiger partial charge < -0.3 is 14.4 Å². The number of halogens is 1. The van der Waals surface area contributed by atoms with Crippen LogP contribution in [0.3, 0.4) is 0 Å². The van der Waals surface area contributed by atoms with Crippen molar-refractivity contribution in [2.45, 2.75) is 65.6 Å². The molecule has 0 aliphatic carbocycles. The third kappa shape index (κ3) is 7.55. The first-order valence-electron chi connectivity index (χ1n) is 15.3. The van der Waals surface area contributed by atoms with Crippen LogP contribution in [-0.2, 0) is 20.7 Å². The van der Waals surface area contributed by atoms with Crippen LogP contribution in [-0.4, -0.2) is 53.1 Å². The van der Waals surface area contributed by atoms with Gasteiger partial charge in [0.15, 0.2) is 6.10 Å². The number of nitrogens with zero attached hydrogens (tertiary/aromatic N) is 3. The molecule has 1 aliphatic rings. The maximum atomic E-state index is 13.4. The van der Waals surface area contributed by atoms with E-state index in [0.717, 1.165) is 58.4 Å². The van der Waals surface area contributed by atoms with Crippen molar-refractivity contribution >= 4 is 44.8 Å². The summed E-state index contributed by atoms with van der Waals surface area (Å²) in [6.45, 7) is 11.7. The second kappa shape index (κ2) is 13.5. The molecule has 1 saturated heterocycles. The maximum absolute atomic E-state index is 13.4. The quantitative estimate of drug-likeness (QED) is 0.102. The summed E-state index contributed by atoms with van der Waals surface area (Å²) in [5, 5.41) is 13.5. The Hall–Kier alpha value is -3.37. The molecule has 0 amide bonds. The van der Waals surface area contributed by atoms with Crippen LogP contribution in [0.1, 0.15) is 63.3 Å². The first-order valence-corrected chi connectivity index (χ1v) is 16.5. The molecule has 0 radical (unpaired) electrons. The largest absolute Gasteiger partial charge is 0.464 e. The molecule has 1 aliphatic heterocycles. The van der Waals surface area contributed by atoms with E-state index in [2.05, 4.69) is 11.9 Å². The zero-order valence-corrected chi connectivity index (χ0v) is 28.3. The lowest BCUT2D eigenvalue weighted by molar-refractivity contribution is -0.385. The van der Waals surface area contributed by atoms with Crippen LogP contribution in [0.25, 0.3) is 31.9 Å². The number of carbonyl (C=O) groups is 1. The van der Waals surface area contributed by atoms with E-state index in [1.807, 2.05) is 70.2 Å². The predicted molar refractivity (Wildman–Crippen MR) is 181 cm³/mol. The second-order valence-corrected chi connectivity index (χ2v) is 14.2. The highest BCUT2D eigenvalue weighted by Gasteiger charge is 2.34. The summed E-state index contributed by atoms with van der Waals surface area (Å²) in [6, 6.07) is 14.9. The number of nitro groups is 1. The van der Waals surface area contributed by atoms with Gasteiger partial charge in [0, 0.05) is 33.3 Å². The molecule has 1 aromatic heterocycles. The van der Waals surface area contributed by atoms with E-state index in [0.29, 0.717) is 33.5 Å². The number of likely N-dealkylation sites (tertiary alicyclic amines) is 1. The van der Waals surface area contributed by atoms with Crippen molar-refractivity contribution < 1.29 is 19.2 Å². The Morgan fingerprint density at radius 3 is 2.42 bits per heavy atom. The van der Waals surface area contributed by atoms with Crippen molar-refractivity contribution in [2.75, 3.05) is 26.7 Å². The average molecular weight is 650 g/mol. The van der Waals surface area contributed by atoms with Gasteiger partial charge in [0.25, 0.3) is 5.69 Å². The summed E-state index contributed by atoms with van der Waals surface area (Å²) < 4.78 is 12.7. The Bertz CT molecular complexity index is 1710. The molecule has 5 rings (SSSR count). The molecule has 0 N–H and O–H groups in total. The minimum Gasteiger partial charge on any atom is -0.464 e. The van der Waals surface area contributed by atoms with Crippen LogP contribution >= 0.6 is 22.9 Å². The number of aryl methyl sites for hydroxylation is 1. The fourth-order valence-corrected chi connectivity index (χ4v) is 7.24. The molecule has 4 aromatic rings. The predicted octanol–water partition coefficient (Wildman–Crippen LogP) is 8.80. The van der Waals surface area contributed by atoms with Gasteiger partial charge in [-0.05, 0) is 109 Å². The fourth-order valence-electron chi connectivity index (χ4n) is 5.99. The minimum absolute atomic E-state index is 0.126. The van der Waals surface area contributed by atoms with Gasteiger partial charge in [-0.1, -0.05) is 35.9 Å². The van der Waals surface area contributed by atoms with Crippen LogP contribution in [0, 0.1) is 23.0 Å². The fraction of sp³-hybridized carbons (Fsp3) is 0.429. The zero-order chi connectivity index (χ0) is 32.5. The summed E-state index contributed by atoms with van der Waals surface area (Å²) in [7, 11) is 2.11. The Kier molecular flexibility index (Phi) is 9.94. The number of rotatable bonds is 9. The highest BCUT2D eigenvalue weighted by Crippen LogP contribution is 2.45. The Morgan fingerprint density at radius 1 is 1.13 bits per heavy atom. The summed E-state index contributed by atoms with van der Waals surface area (Å²) in [6.07, 6.45) is 1.78. The molecular formula is C35H40ClN3O5S. The van der Waals surface area contributed by atoms with Crippen LogP contribution < -0.4 is 0 Å². The normalized spacial score (nSPS) is 15.4. The molecule has 10 heteroatoms. The lowest BCUT2D eigenvalue weighted by atomic mass is 9.89. The van der Waals surface area contributed by atoms with Gasteiger partial charge in [0.1, 0.15) is 5.01 Å². The monoisotopic (exact) mass is 649 g/mol. The van der Waals surface area contributed by atoms with Crippen molar-refractivity contribution in [3.63, 3.8) is 0 Å². The smallest absolute Gasteiger partial charge is 0.339 e. The van der Waals surface area contributed by atoms with Crippen molar-refractivity contribution in [3.05, 3.63) is 80.4 Å². The van der Waals surface area contributed by atoms with Crippen LogP contribution in [0.5, 0.6) is 0 Å². The minimum atomic E-state index is -0.981. The highest BCUT2D eigenvalue weighted by molar-refractivity contribution is 7.22. The van der Waals surface area contributed by atoms with Crippen LogP contribution in [0.2, 0.25) is 5.02 Å². The Balaban J connectivity index is 1.65. The number of thiazole rings is 1. The van der Waals surface area contributed by atoms with E-state index in [1.165, 1.54) is 11.3 Å². The van der Waals surface area contributed by atoms with Gasteiger partial charge in [-0.2, -0.15) is 0 Å². The molecule has 1 fully saturated rings.